The van der Waals surface area contributed by atoms with Crippen LogP contribution >= 0.6 is 38.6 Å². The van der Waals surface area contributed by atoms with Gasteiger partial charge in [0.05, 0.1) is 3.79 Å². The van der Waals surface area contributed by atoms with Gasteiger partial charge in [-0.15, -0.1) is 22.7 Å². The monoisotopic (exact) mass is 395 g/mol. The first-order chi connectivity index (χ1) is 9.38. The Labute approximate surface area is 132 Å². The Balaban J connectivity index is 1.98. The van der Waals surface area contributed by atoms with Crippen LogP contribution in [-0.4, -0.2) is 26.0 Å². The van der Waals surface area contributed by atoms with Gasteiger partial charge in [0.15, 0.2) is 0 Å². The minimum atomic E-state index is -3.64. The van der Waals surface area contributed by atoms with Crippen molar-refractivity contribution < 1.29 is 18.3 Å². The number of rotatable bonds is 6. The first-order valence-electron chi connectivity index (χ1n) is 5.45. The average Bonchev–Trinajstić information content (AvgIpc) is 2.98. The number of hydrogen-bond donors (Lipinski definition) is 2. The molecule has 2 aromatic heterocycles. The van der Waals surface area contributed by atoms with E-state index in [0.717, 1.165) is 20.0 Å². The van der Waals surface area contributed by atoms with Gasteiger partial charge in [-0.2, -0.15) is 0 Å². The number of hydrogen-bond acceptors (Lipinski definition) is 5. The highest BCUT2D eigenvalue weighted by atomic mass is 79.9. The summed E-state index contributed by atoms with van der Waals surface area (Å²) in [5.41, 5.74) is 0. The lowest BCUT2D eigenvalue weighted by molar-refractivity contribution is 0.0702. The average molecular weight is 396 g/mol. The van der Waals surface area contributed by atoms with Crippen LogP contribution < -0.4 is 4.72 Å². The molecule has 0 saturated heterocycles. The van der Waals surface area contributed by atoms with Crippen molar-refractivity contribution in [2.45, 2.75) is 10.6 Å². The van der Waals surface area contributed by atoms with Gasteiger partial charge in [0.2, 0.25) is 10.0 Å². The zero-order valence-corrected chi connectivity index (χ0v) is 14.0. The van der Waals surface area contributed by atoms with Gasteiger partial charge in [-0.05, 0) is 46.6 Å². The molecule has 2 N–H and O–H groups in total. The Bertz CT molecular complexity index is 720. The maximum Gasteiger partial charge on any atom is 0.345 e. The van der Waals surface area contributed by atoms with Gasteiger partial charge in [0.1, 0.15) is 9.09 Å². The lowest BCUT2D eigenvalue weighted by atomic mass is 10.3. The molecule has 5 nitrogen and oxygen atoms in total. The number of nitrogens with one attached hydrogen (secondary N) is 1. The molecule has 0 aliphatic carbocycles. The molecule has 20 heavy (non-hydrogen) atoms. The van der Waals surface area contributed by atoms with Crippen molar-refractivity contribution in [3.05, 3.63) is 37.8 Å². The molecule has 0 saturated carbocycles. The molecule has 0 aliphatic rings. The molecule has 0 aromatic carbocycles. The molecular weight excluding hydrogens is 386 g/mol. The van der Waals surface area contributed by atoms with Gasteiger partial charge in [0, 0.05) is 11.4 Å². The van der Waals surface area contributed by atoms with E-state index in [-0.39, 0.29) is 15.6 Å². The van der Waals surface area contributed by atoms with Crippen molar-refractivity contribution in [2.24, 2.45) is 0 Å². The third-order valence-corrected chi connectivity index (χ3v) is 7.06. The van der Waals surface area contributed by atoms with Crippen LogP contribution in [0.25, 0.3) is 0 Å². The highest BCUT2D eigenvalue weighted by Crippen LogP contribution is 2.23. The van der Waals surface area contributed by atoms with Crippen molar-refractivity contribution in [2.75, 3.05) is 6.54 Å². The zero-order valence-electron chi connectivity index (χ0n) is 10.00. The standard InChI is InChI=1S/C11H10BrNO4S3/c12-9-3-1-7(18-9)5-6-13-20(16,17)10-4-2-8(19-10)11(14)15/h1-4,13H,5-6H2,(H,14,15). The summed E-state index contributed by atoms with van der Waals surface area (Å²) in [4.78, 5) is 11.8. The molecule has 2 aromatic rings. The molecular formula is C11H10BrNO4S3. The molecule has 0 radical (unpaired) electrons. The van der Waals surface area contributed by atoms with Crippen LogP contribution in [0.4, 0.5) is 0 Å². The van der Waals surface area contributed by atoms with E-state index in [4.69, 9.17) is 5.11 Å². The number of carboxylic acid groups (broad SMARTS) is 1. The first-order valence-corrected chi connectivity index (χ1v) is 9.36. The summed E-state index contributed by atoms with van der Waals surface area (Å²) in [6.45, 7) is 0.273. The molecule has 9 heteroatoms. The summed E-state index contributed by atoms with van der Waals surface area (Å²) >= 11 is 5.63. The van der Waals surface area contributed by atoms with E-state index in [1.54, 1.807) is 11.3 Å². The van der Waals surface area contributed by atoms with E-state index < -0.39 is 16.0 Å². The van der Waals surface area contributed by atoms with Crippen LogP contribution in [0.1, 0.15) is 14.5 Å². The predicted molar refractivity (Wildman–Crippen MR) is 82.2 cm³/mol. The van der Waals surface area contributed by atoms with Crippen LogP contribution in [0.3, 0.4) is 0 Å². The van der Waals surface area contributed by atoms with Gasteiger partial charge in [-0.1, -0.05) is 0 Å². The highest BCUT2D eigenvalue weighted by Gasteiger charge is 2.18. The lowest BCUT2D eigenvalue weighted by Crippen LogP contribution is -2.25. The number of sulfonamides is 1. The Hall–Kier alpha value is -0.740. The van der Waals surface area contributed by atoms with Crippen molar-refractivity contribution >= 4 is 54.6 Å². The van der Waals surface area contributed by atoms with Crippen LogP contribution in [0, 0.1) is 0 Å². The van der Waals surface area contributed by atoms with E-state index in [0.29, 0.717) is 6.42 Å². The number of halogens is 1. The number of carbonyl (C=O) groups is 1. The fourth-order valence-corrected chi connectivity index (χ4v) is 5.15. The topological polar surface area (TPSA) is 83.5 Å². The zero-order chi connectivity index (χ0) is 14.8. The molecule has 0 atom stereocenters. The third-order valence-electron chi connectivity index (χ3n) is 2.35. The van der Waals surface area contributed by atoms with E-state index in [2.05, 4.69) is 20.7 Å². The quantitative estimate of drug-likeness (QED) is 0.787. The molecule has 0 amide bonds. The van der Waals surface area contributed by atoms with E-state index >= 15 is 0 Å². The minimum Gasteiger partial charge on any atom is -0.477 e. The first kappa shape index (κ1) is 15.6. The highest BCUT2D eigenvalue weighted by molar-refractivity contribution is 9.11. The second-order valence-electron chi connectivity index (χ2n) is 3.78. The maximum absolute atomic E-state index is 12.0. The minimum absolute atomic E-state index is 0.00700. The maximum atomic E-state index is 12.0. The molecule has 0 fully saturated rings. The van der Waals surface area contributed by atoms with E-state index in [1.165, 1.54) is 12.1 Å². The van der Waals surface area contributed by atoms with Gasteiger partial charge >= 0.3 is 5.97 Å². The fourth-order valence-electron chi connectivity index (χ4n) is 1.45. The summed E-state index contributed by atoms with van der Waals surface area (Å²) < 4.78 is 27.4. The Morgan fingerprint density at radius 3 is 2.55 bits per heavy atom. The molecule has 0 unspecified atom stereocenters. The third kappa shape index (κ3) is 3.89. The number of thiophene rings is 2. The predicted octanol–water partition coefficient (Wildman–Crippen LogP) is 2.79. The molecule has 0 aliphatic heterocycles. The largest absolute Gasteiger partial charge is 0.477 e. The molecule has 2 heterocycles. The fraction of sp³-hybridized carbons (Fsp3) is 0.182. The van der Waals surface area contributed by atoms with Crippen molar-refractivity contribution in [1.29, 1.82) is 0 Å². The Morgan fingerprint density at radius 1 is 1.25 bits per heavy atom. The SMILES string of the molecule is O=C(O)c1ccc(S(=O)(=O)NCCc2ccc(Br)s2)s1. The normalized spacial score (nSPS) is 11.7. The lowest BCUT2D eigenvalue weighted by Gasteiger charge is -2.03. The molecule has 0 bridgehead atoms. The van der Waals surface area contributed by atoms with Crippen molar-refractivity contribution in [3.8, 4) is 0 Å². The summed E-state index contributed by atoms with van der Waals surface area (Å²) in [6.07, 6.45) is 0.590. The van der Waals surface area contributed by atoms with Crippen molar-refractivity contribution in [3.63, 3.8) is 0 Å². The van der Waals surface area contributed by atoms with Crippen LogP contribution in [0.15, 0.2) is 32.3 Å². The second kappa shape index (κ2) is 6.35. The second-order valence-corrected chi connectivity index (χ2v) is 9.40. The van der Waals surface area contributed by atoms with E-state index in [1.807, 2.05) is 12.1 Å². The van der Waals surface area contributed by atoms with Crippen LogP contribution in [0.5, 0.6) is 0 Å². The van der Waals surface area contributed by atoms with Crippen LogP contribution in [0.2, 0.25) is 0 Å². The number of aromatic carboxylic acids is 1. The van der Waals surface area contributed by atoms with Gasteiger partial charge in [-0.3, -0.25) is 0 Å². The summed E-state index contributed by atoms with van der Waals surface area (Å²) in [5, 5.41) is 8.78. The molecule has 0 spiro atoms. The molecule has 108 valence electrons. The summed E-state index contributed by atoms with van der Waals surface area (Å²) in [5.74, 6) is -1.13. The van der Waals surface area contributed by atoms with Crippen molar-refractivity contribution in [1.82, 2.24) is 4.72 Å². The smallest absolute Gasteiger partial charge is 0.345 e. The number of carboxylic acids is 1. The Kier molecular flexibility index (Phi) is 4.97. The summed E-state index contributed by atoms with van der Waals surface area (Å²) in [6, 6.07) is 6.43. The van der Waals surface area contributed by atoms with Gasteiger partial charge in [0.25, 0.3) is 0 Å². The molecule has 2 rings (SSSR count). The van der Waals surface area contributed by atoms with Crippen LogP contribution in [-0.2, 0) is 16.4 Å². The Morgan fingerprint density at radius 2 is 2.00 bits per heavy atom. The van der Waals surface area contributed by atoms with E-state index in [9.17, 15) is 13.2 Å². The van der Waals surface area contributed by atoms with Gasteiger partial charge in [-0.25, -0.2) is 17.9 Å². The summed E-state index contributed by atoms with van der Waals surface area (Å²) in [7, 11) is -3.64. The van der Waals surface area contributed by atoms with Gasteiger partial charge < -0.3 is 5.11 Å².